The Hall–Kier alpha value is 0.150. The number of halogens is 3. The van der Waals surface area contributed by atoms with E-state index < -0.39 is 11.9 Å². The van der Waals surface area contributed by atoms with Gasteiger partial charge in [-0.2, -0.15) is 0 Å². The number of nitrogens with two attached hydrogens (primary N) is 1. The molecule has 0 unspecified atom stereocenters. The number of benzene rings is 1. The zero-order valence-electron chi connectivity index (χ0n) is 19.2. The average Bonchev–Trinajstić information content (AvgIpc) is 2.76. The van der Waals surface area contributed by atoms with Gasteiger partial charge in [-0.15, -0.1) is 0 Å². The molecule has 0 bridgehead atoms. The van der Waals surface area contributed by atoms with Crippen molar-refractivity contribution in [3.05, 3.63) is 21.8 Å². The first-order chi connectivity index (χ1) is 15.4. The molecule has 0 aliphatic rings. The highest BCUT2D eigenvalue weighted by atomic mass is 127. The summed E-state index contributed by atoms with van der Waals surface area (Å²) in [5.74, 6) is -0.860. The Bertz CT molecular complexity index is 683. The first-order valence-electron chi connectivity index (χ1n) is 11.7. The van der Waals surface area contributed by atoms with Gasteiger partial charge in [0.2, 0.25) is 0 Å². The summed E-state index contributed by atoms with van der Waals surface area (Å²) in [7, 11) is 0. The maximum Gasteiger partial charge on any atom is 0.340 e. The predicted molar refractivity (Wildman–Crippen MR) is 156 cm³/mol. The van der Waals surface area contributed by atoms with E-state index in [9.17, 15) is 9.59 Å². The Labute approximate surface area is 234 Å². The largest absolute Gasteiger partial charge is 0.462 e. The van der Waals surface area contributed by atoms with E-state index >= 15 is 0 Å². The number of ether oxygens (including phenoxy) is 2. The lowest BCUT2D eigenvalue weighted by molar-refractivity contribution is 0.0492. The van der Waals surface area contributed by atoms with Crippen molar-refractivity contribution in [1.29, 1.82) is 0 Å². The van der Waals surface area contributed by atoms with E-state index in [0.717, 1.165) is 38.5 Å². The van der Waals surface area contributed by atoms with Crippen molar-refractivity contribution in [1.82, 2.24) is 0 Å². The van der Waals surface area contributed by atoms with E-state index in [-0.39, 0.29) is 0 Å². The van der Waals surface area contributed by atoms with Crippen molar-refractivity contribution in [2.75, 3.05) is 18.9 Å². The second kappa shape index (κ2) is 17.6. The van der Waals surface area contributed by atoms with E-state index in [0.29, 0.717) is 40.7 Å². The third-order valence-electron chi connectivity index (χ3n) is 5.22. The first-order valence-corrected chi connectivity index (χ1v) is 14.9. The molecule has 0 radical (unpaired) electrons. The number of rotatable bonds is 16. The molecule has 32 heavy (non-hydrogen) atoms. The minimum atomic E-state index is -0.430. The molecule has 0 aromatic heterocycles. The summed E-state index contributed by atoms with van der Waals surface area (Å²) in [4.78, 5) is 25.6. The van der Waals surface area contributed by atoms with Gasteiger partial charge in [0, 0.05) is 3.57 Å². The fourth-order valence-electron chi connectivity index (χ4n) is 3.28. The van der Waals surface area contributed by atoms with Crippen molar-refractivity contribution in [3.8, 4) is 0 Å². The molecule has 0 atom stereocenters. The summed E-state index contributed by atoms with van der Waals surface area (Å²) in [6.45, 7) is 5.13. The van der Waals surface area contributed by atoms with Crippen LogP contribution in [0.4, 0.5) is 5.69 Å². The SMILES string of the molecule is CCCCCCCCOC(=O)c1c(I)c(N)c(I)c(C(=O)OCCCCCCCC)c1I. The van der Waals surface area contributed by atoms with Gasteiger partial charge in [0.25, 0.3) is 0 Å². The van der Waals surface area contributed by atoms with E-state index in [4.69, 9.17) is 15.2 Å². The van der Waals surface area contributed by atoms with Crippen LogP contribution in [-0.2, 0) is 9.47 Å². The second-order valence-corrected chi connectivity index (χ2v) is 11.1. The Morgan fingerprint density at radius 2 is 0.969 bits per heavy atom. The van der Waals surface area contributed by atoms with Gasteiger partial charge in [0.05, 0.1) is 37.2 Å². The fourth-order valence-corrected chi connectivity index (χ4v) is 7.33. The van der Waals surface area contributed by atoms with E-state index in [2.05, 4.69) is 59.0 Å². The maximum atomic E-state index is 12.8. The van der Waals surface area contributed by atoms with Crippen molar-refractivity contribution >= 4 is 85.4 Å². The summed E-state index contributed by atoms with van der Waals surface area (Å²) in [6.07, 6.45) is 13.5. The quantitative estimate of drug-likeness (QED) is 0.0794. The molecule has 1 aromatic rings. The molecule has 0 fully saturated rings. The van der Waals surface area contributed by atoms with E-state index in [1.807, 2.05) is 22.6 Å². The Morgan fingerprint density at radius 1 is 0.625 bits per heavy atom. The number of hydrogen-bond donors (Lipinski definition) is 1. The van der Waals surface area contributed by atoms with Gasteiger partial charge in [-0.05, 0) is 80.6 Å². The van der Waals surface area contributed by atoms with Crippen molar-refractivity contribution < 1.29 is 19.1 Å². The number of unbranched alkanes of at least 4 members (excludes halogenated alkanes) is 10. The minimum absolute atomic E-state index is 0.363. The molecule has 0 amide bonds. The van der Waals surface area contributed by atoms with Gasteiger partial charge in [-0.3, -0.25) is 0 Å². The average molecular weight is 783 g/mol. The summed E-state index contributed by atoms with van der Waals surface area (Å²) < 4.78 is 12.8. The Morgan fingerprint density at radius 3 is 1.34 bits per heavy atom. The van der Waals surface area contributed by atoms with E-state index in [1.165, 1.54) is 38.5 Å². The van der Waals surface area contributed by atoms with Crippen LogP contribution < -0.4 is 5.73 Å². The van der Waals surface area contributed by atoms with Crippen LogP contribution in [0, 0.1) is 10.7 Å². The van der Waals surface area contributed by atoms with Crippen LogP contribution in [0.15, 0.2) is 0 Å². The number of carbonyl (C=O) groups is 2. The fraction of sp³-hybridized carbons (Fsp3) is 0.667. The first kappa shape index (κ1) is 30.2. The molecule has 182 valence electrons. The normalized spacial score (nSPS) is 10.9. The molecule has 0 aliphatic heterocycles. The summed E-state index contributed by atoms with van der Waals surface area (Å²) >= 11 is 6.16. The molecule has 1 aromatic carbocycles. The van der Waals surface area contributed by atoms with Crippen molar-refractivity contribution in [2.24, 2.45) is 0 Å². The lowest BCUT2D eigenvalue weighted by Gasteiger charge is -2.16. The van der Waals surface area contributed by atoms with Gasteiger partial charge in [0.1, 0.15) is 0 Å². The number of carbonyl (C=O) groups excluding carboxylic acids is 2. The highest BCUT2D eigenvalue weighted by Gasteiger charge is 2.28. The highest BCUT2D eigenvalue weighted by Crippen LogP contribution is 2.34. The molecule has 0 saturated carbocycles. The van der Waals surface area contributed by atoms with Crippen LogP contribution in [0.5, 0.6) is 0 Å². The molecular weight excluding hydrogens is 747 g/mol. The number of hydrogen-bond acceptors (Lipinski definition) is 5. The molecular formula is C24H36I3NO4. The lowest BCUT2D eigenvalue weighted by Crippen LogP contribution is -2.19. The highest BCUT2D eigenvalue weighted by molar-refractivity contribution is 14.1. The number of nitrogen functional groups attached to an aromatic ring is 1. The number of esters is 2. The summed E-state index contributed by atoms with van der Waals surface area (Å²) in [5, 5.41) is 0. The van der Waals surface area contributed by atoms with Crippen LogP contribution in [0.1, 0.15) is 112 Å². The molecule has 0 heterocycles. The van der Waals surface area contributed by atoms with Crippen LogP contribution in [0.2, 0.25) is 0 Å². The van der Waals surface area contributed by atoms with Gasteiger partial charge in [0.15, 0.2) is 0 Å². The molecule has 0 saturated heterocycles. The minimum Gasteiger partial charge on any atom is -0.462 e. The zero-order valence-corrected chi connectivity index (χ0v) is 25.7. The van der Waals surface area contributed by atoms with Gasteiger partial charge in [-0.25, -0.2) is 9.59 Å². The lowest BCUT2D eigenvalue weighted by atomic mass is 10.1. The molecule has 0 aliphatic carbocycles. The smallest absolute Gasteiger partial charge is 0.340 e. The molecule has 5 nitrogen and oxygen atoms in total. The van der Waals surface area contributed by atoms with Gasteiger partial charge in [-0.1, -0.05) is 78.1 Å². The topological polar surface area (TPSA) is 78.6 Å². The standard InChI is InChI=1S/C24H36I3NO4/c1-3-5-7-9-11-13-15-31-23(29)17-19(25)18(21(27)22(28)20(17)26)24(30)32-16-14-12-10-8-6-4-2/h3-16,28H2,1-2H3. The Kier molecular flexibility index (Phi) is 16.6. The summed E-state index contributed by atoms with van der Waals surface area (Å²) in [6, 6.07) is 0. The Balaban J connectivity index is 2.73. The van der Waals surface area contributed by atoms with Crippen molar-refractivity contribution in [3.63, 3.8) is 0 Å². The summed E-state index contributed by atoms with van der Waals surface area (Å²) in [5.41, 5.74) is 7.39. The second-order valence-electron chi connectivity index (χ2n) is 7.91. The van der Waals surface area contributed by atoms with Crippen LogP contribution in [0.3, 0.4) is 0 Å². The van der Waals surface area contributed by atoms with Gasteiger partial charge >= 0.3 is 11.9 Å². The molecule has 2 N–H and O–H groups in total. The van der Waals surface area contributed by atoms with Gasteiger partial charge < -0.3 is 15.2 Å². The van der Waals surface area contributed by atoms with Crippen LogP contribution in [0.25, 0.3) is 0 Å². The van der Waals surface area contributed by atoms with Crippen molar-refractivity contribution in [2.45, 2.75) is 90.9 Å². The zero-order chi connectivity index (χ0) is 23.9. The van der Waals surface area contributed by atoms with E-state index in [1.54, 1.807) is 0 Å². The third kappa shape index (κ3) is 10.2. The van der Waals surface area contributed by atoms with Crippen LogP contribution >= 0.6 is 67.8 Å². The maximum absolute atomic E-state index is 12.8. The predicted octanol–water partition coefficient (Wildman–Crippen LogP) is 8.12. The monoisotopic (exact) mass is 783 g/mol. The number of anilines is 1. The third-order valence-corrected chi connectivity index (χ3v) is 8.54. The molecule has 1 rings (SSSR count). The molecule has 0 spiro atoms. The van der Waals surface area contributed by atoms with Crippen LogP contribution in [-0.4, -0.2) is 25.2 Å². The molecule has 8 heteroatoms.